The Hall–Kier alpha value is -1.93. The largest absolute Gasteiger partial charge is 0.480 e. The van der Waals surface area contributed by atoms with Crippen LogP contribution in [-0.4, -0.2) is 60.8 Å². The number of carbonyl (C=O) groups is 2. The number of carbonyl (C=O) groups excluding carboxylic acids is 1. The molecular weight excluding hydrogens is 320 g/mol. The fourth-order valence-corrected chi connectivity index (χ4v) is 3.60. The van der Waals surface area contributed by atoms with Crippen molar-refractivity contribution < 1.29 is 23.1 Å². The van der Waals surface area contributed by atoms with Crippen LogP contribution in [0.1, 0.15) is 31.1 Å². The topological polar surface area (TPSA) is 95.0 Å². The molecule has 1 rings (SSSR count). The fraction of sp³-hybridized carbons (Fsp3) is 0.467. The number of hydrogen-bond acceptors (Lipinski definition) is 4. The van der Waals surface area contributed by atoms with E-state index in [1.807, 2.05) is 6.92 Å². The van der Waals surface area contributed by atoms with Crippen molar-refractivity contribution in [3.63, 3.8) is 0 Å². The molecule has 0 saturated carbocycles. The van der Waals surface area contributed by atoms with E-state index in [4.69, 9.17) is 5.11 Å². The van der Waals surface area contributed by atoms with Crippen LogP contribution in [0.3, 0.4) is 0 Å². The normalized spacial score (nSPS) is 11.7. The van der Waals surface area contributed by atoms with Crippen LogP contribution < -0.4 is 0 Å². The number of carboxylic acids is 1. The number of amides is 1. The minimum absolute atomic E-state index is 0.0946. The Kier molecular flexibility index (Phi) is 6.28. The quantitative estimate of drug-likeness (QED) is 0.805. The summed E-state index contributed by atoms with van der Waals surface area (Å²) in [7, 11) is -2.38. The van der Waals surface area contributed by atoms with Crippen molar-refractivity contribution in [2.24, 2.45) is 0 Å². The lowest BCUT2D eigenvalue weighted by atomic mass is 10.2. The van der Waals surface area contributed by atoms with Gasteiger partial charge in [-0.05, 0) is 39.0 Å². The zero-order chi connectivity index (χ0) is 17.8. The third kappa shape index (κ3) is 4.52. The van der Waals surface area contributed by atoms with Gasteiger partial charge in [0.25, 0.3) is 5.91 Å². The first-order chi connectivity index (χ1) is 10.6. The predicted molar refractivity (Wildman–Crippen MR) is 85.7 cm³/mol. The highest BCUT2D eigenvalue weighted by molar-refractivity contribution is 7.89. The molecule has 0 aliphatic carbocycles. The zero-order valence-electron chi connectivity index (χ0n) is 13.7. The first-order valence-corrected chi connectivity index (χ1v) is 8.64. The summed E-state index contributed by atoms with van der Waals surface area (Å²) in [4.78, 5) is 24.5. The molecule has 0 unspecified atom stereocenters. The molecule has 0 bridgehead atoms. The van der Waals surface area contributed by atoms with Gasteiger partial charge in [-0.2, -0.15) is 4.31 Å². The van der Waals surface area contributed by atoms with E-state index in [1.165, 1.54) is 29.2 Å². The molecule has 1 amide bonds. The van der Waals surface area contributed by atoms with Gasteiger partial charge in [-0.25, -0.2) is 8.42 Å². The monoisotopic (exact) mass is 342 g/mol. The SMILES string of the molecule is CCN(C)C(=O)c1cccc(S(=O)(=O)N(CC(=O)O)C(C)C)c1. The first-order valence-electron chi connectivity index (χ1n) is 7.20. The first kappa shape index (κ1) is 19.1. The van der Waals surface area contributed by atoms with E-state index in [1.54, 1.807) is 20.9 Å². The van der Waals surface area contributed by atoms with Crippen LogP contribution in [0, 0.1) is 0 Å². The van der Waals surface area contributed by atoms with Crippen molar-refractivity contribution in [3.8, 4) is 0 Å². The highest BCUT2D eigenvalue weighted by Crippen LogP contribution is 2.20. The maximum absolute atomic E-state index is 12.7. The van der Waals surface area contributed by atoms with Crippen LogP contribution in [0.4, 0.5) is 0 Å². The zero-order valence-corrected chi connectivity index (χ0v) is 14.5. The molecule has 7 nitrogen and oxygen atoms in total. The second-order valence-electron chi connectivity index (χ2n) is 5.38. The molecule has 0 spiro atoms. The van der Waals surface area contributed by atoms with Crippen molar-refractivity contribution in [1.29, 1.82) is 0 Å². The minimum Gasteiger partial charge on any atom is -0.480 e. The summed E-state index contributed by atoms with van der Waals surface area (Å²) in [6.45, 7) is 4.87. The average molecular weight is 342 g/mol. The fourth-order valence-electron chi connectivity index (χ4n) is 1.97. The maximum Gasteiger partial charge on any atom is 0.318 e. The maximum atomic E-state index is 12.7. The average Bonchev–Trinajstić information content (AvgIpc) is 2.50. The lowest BCUT2D eigenvalue weighted by molar-refractivity contribution is -0.137. The molecule has 0 fully saturated rings. The van der Waals surface area contributed by atoms with E-state index >= 15 is 0 Å². The van der Waals surface area contributed by atoms with E-state index in [2.05, 4.69) is 0 Å². The lowest BCUT2D eigenvalue weighted by Crippen LogP contribution is -2.40. The molecule has 0 saturated heterocycles. The molecule has 23 heavy (non-hydrogen) atoms. The molecule has 0 aliphatic heterocycles. The van der Waals surface area contributed by atoms with Crippen LogP contribution in [0.15, 0.2) is 29.2 Å². The number of nitrogens with zero attached hydrogens (tertiary/aromatic N) is 2. The summed E-state index contributed by atoms with van der Waals surface area (Å²) in [5.74, 6) is -1.53. The van der Waals surface area contributed by atoms with Crippen molar-refractivity contribution in [2.75, 3.05) is 20.1 Å². The molecule has 0 radical (unpaired) electrons. The molecule has 1 N–H and O–H groups in total. The van der Waals surface area contributed by atoms with Gasteiger partial charge < -0.3 is 10.0 Å². The van der Waals surface area contributed by atoms with E-state index in [0.717, 1.165) is 4.31 Å². The predicted octanol–water partition coefficient (Wildman–Crippen LogP) is 1.26. The number of hydrogen-bond donors (Lipinski definition) is 1. The Morgan fingerprint density at radius 2 is 1.87 bits per heavy atom. The number of rotatable bonds is 7. The summed E-state index contributed by atoms with van der Waals surface area (Å²) in [5, 5.41) is 8.92. The molecule has 8 heteroatoms. The molecule has 0 aliphatic rings. The Bertz CT molecular complexity index is 685. The van der Waals surface area contributed by atoms with E-state index in [-0.39, 0.29) is 16.4 Å². The van der Waals surface area contributed by atoms with Crippen molar-refractivity contribution in [1.82, 2.24) is 9.21 Å². The summed E-state index contributed by atoms with van der Waals surface area (Å²) < 4.78 is 26.2. The lowest BCUT2D eigenvalue weighted by Gasteiger charge is -2.24. The highest BCUT2D eigenvalue weighted by atomic mass is 32.2. The number of sulfonamides is 1. The van der Waals surface area contributed by atoms with Gasteiger partial charge in [0, 0.05) is 25.2 Å². The van der Waals surface area contributed by atoms with E-state index in [0.29, 0.717) is 6.54 Å². The van der Waals surface area contributed by atoms with Gasteiger partial charge >= 0.3 is 5.97 Å². The molecule has 128 valence electrons. The van der Waals surface area contributed by atoms with Gasteiger partial charge in [0.1, 0.15) is 6.54 Å². The number of aliphatic carboxylic acids is 1. The molecular formula is C15H22N2O5S. The van der Waals surface area contributed by atoms with Gasteiger partial charge in [-0.15, -0.1) is 0 Å². The smallest absolute Gasteiger partial charge is 0.318 e. The van der Waals surface area contributed by atoms with Gasteiger partial charge in [0.15, 0.2) is 0 Å². The molecule has 0 atom stereocenters. The second kappa shape index (κ2) is 7.56. The van der Waals surface area contributed by atoms with Crippen LogP contribution in [0.25, 0.3) is 0 Å². The van der Waals surface area contributed by atoms with Crippen LogP contribution in [0.5, 0.6) is 0 Å². The number of carboxylic acid groups (broad SMARTS) is 1. The summed E-state index contributed by atoms with van der Waals surface area (Å²) in [5.41, 5.74) is 0.245. The van der Waals surface area contributed by atoms with Gasteiger partial charge in [0.2, 0.25) is 10.0 Å². The minimum atomic E-state index is -4.00. The summed E-state index contributed by atoms with van der Waals surface area (Å²) >= 11 is 0. The molecule has 1 aromatic rings. The standard InChI is InChI=1S/C15H22N2O5S/c1-5-16(4)15(20)12-7-6-8-13(9-12)23(21,22)17(11(2)3)10-14(18)19/h6-9,11H,5,10H2,1-4H3,(H,18,19). The Morgan fingerprint density at radius 3 is 2.35 bits per heavy atom. The number of benzene rings is 1. The van der Waals surface area contributed by atoms with Crippen LogP contribution in [-0.2, 0) is 14.8 Å². The molecule has 0 aromatic heterocycles. The van der Waals surface area contributed by atoms with E-state index in [9.17, 15) is 18.0 Å². The van der Waals surface area contributed by atoms with E-state index < -0.39 is 28.6 Å². The van der Waals surface area contributed by atoms with Gasteiger partial charge in [-0.1, -0.05) is 6.07 Å². The van der Waals surface area contributed by atoms with Crippen molar-refractivity contribution >= 4 is 21.9 Å². The Labute approximate surface area is 136 Å². The third-order valence-electron chi connectivity index (χ3n) is 3.38. The highest BCUT2D eigenvalue weighted by Gasteiger charge is 2.29. The second-order valence-corrected chi connectivity index (χ2v) is 7.28. The Balaban J connectivity index is 3.28. The third-order valence-corrected chi connectivity index (χ3v) is 5.39. The van der Waals surface area contributed by atoms with Crippen molar-refractivity contribution in [3.05, 3.63) is 29.8 Å². The van der Waals surface area contributed by atoms with Gasteiger partial charge in [-0.3, -0.25) is 9.59 Å². The van der Waals surface area contributed by atoms with Gasteiger partial charge in [0.05, 0.1) is 4.90 Å². The van der Waals surface area contributed by atoms with Crippen LogP contribution in [0.2, 0.25) is 0 Å². The summed E-state index contributed by atoms with van der Waals surface area (Å²) in [6.07, 6.45) is 0. The molecule has 1 aromatic carbocycles. The molecule has 0 heterocycles. The van der Waals surface area contributed by atoms with Crippen molar-refractivity contribution in [2.45, 2.75) is 31.7 Å². The van der Waals surface area contributed by atoms with Crippen LogP contribution >= 0.6 is 0 Å². The Morgan fingerprint density at radius 1 is 1.26 bits per heavy atom. The summed E-state index contributed by atoms with van der Waals surface area (Å²) in [6, 6.07) is 5.12.